The Hall–Kier alpha value is -1.87. The van der Waals surface area contributed by atoms with Crippen molar-refractivity contribution in [1.29, 1.82) is 0 Å². The van der Waals surface area contributed by atoms with Gasteiger partial charge >= 0.3 is 0 Å². The number of nitrogens with zero attached hydrogens (tertiary/aromatic N) is 2. The van der Waals surface area contributed by atoms with Gasteiger partial charge in [0.05, 0.1) is 0 Å². The van der Waals surface area contributed by atoms with E-state index in [9.17, 15) is 4.79 Å². The fraction of sp³-hybridized carbons (Fsp3) is 0.429. The summed E-state index contributed by atoms with van der Waals surface area (Å²) in [5.41, 5.74) is 2.19. The number of benzene rings is 1. The molecule has 2 saturated carbocycles. The summed E-state index contributed by atoms with van der Waals surface area (Å²) in [7, 11) is 0. The van der Waals surface area contributed by atoms with Crippen LogP contribution in [0.4, 0.5) is 0 Å². The van der Waals surface area contributed by atoms with Crippen LogP contribution in [0.2, 0.25) is 5.02 Å². The first-order valence-corrected chi connectivity index (χ1v) is 9.52. The van der Waals surface area contributed by atoms with E-state index in [1.54, 1.807) is 6.20 Å². The Balaban J connectivity index is 1.52. The monoisotopic (exact) mass is 354 g/mol. The maximum Gasteiger partial charge on any atom is 0.226 e. The lowest BCUT2D eigenvalue weighted by atomic mass is 10.0. The molecule has 2 fully saturated rings. The molecule has 4 rings (SSSR count). The number of pyridine rings is 1. The van der Waals surface area contributed by atoms with Crippen LogP contribution in [0.15, 0.2) is 48.8 Å². The fourth-order valence-corrected chi connectivity index (χ4v) is 4.43. The van der Waals surface area contributed by atoms with E-state index < -0.39 is 0 Å². The molecule has 1 heterocycles. The first-order chi connectivity index (χ1) is 12.2. The van der Waals surface area contributed by atoms with Crippen molar-refractivity contribution in [3.05, 3.63) is 64.9 Å². The summed E-state index contributed by atoms with van der Waals surface area (Å²) >= 11 is 5.99. The van der Waals surface area contributed by atoms with Crippen molar-refractivity contribution >= 4 is 17.5 Å². The number of fused-ring (bicyclic) bond motifs is 1. The standard InChI is InChI=1S/C21H23ClN2O/c22-17-9-7-15(8-10-17)13-24(14-16-4-3-11-23-12-16)21(25)20-18-5-1-2-6-19(18)20/h3-4,7-12,18-20H,1-2,5-6,13-14H2/t18-,19-/m0/s1. The van der Waals surface area contributed by atoms with Gasteiger partial charge in [0, 0.05) is 36.4 Å². The maximum atomic E-state index is 13.2. The van der Waals surface area contributed by atoms with Crippen molar-refractivity contribution in [3.8, 4) is 0 Å². The molecule has 4 heteroatoms. The molecule has 2 aliphatic carbocycles. The minimum Gasteiger partial charge on any atom is -0.334 e. The van der Waals surface area contributed by atoms with E-state index in [1.807, 2.05) is 47.5 Å². The van der Waals surface area contributed by atoms with Crippen LogP contribution in [-0.4, -0.2) is 15.8 Å². The topological polar surface area (TPSA) is 33.2 Å². The van der Waals surface area contributed by atoms with Crippen LogP contribution in [0.5, 0.6) is 0 Å². The van der Waals surface area contributed by atoms with E-state index in [0.29, 0.717) is 30.8 Å². The summed E-state index contributed by atoms with van der Waals surface area (Å²) in [6.07, 6.45) is 8.63. The molecule has 1 amide bonds. The largest absolute Gasteiger partial charge is 0.334 e. The zero-order valence-electron chi connectivity index (χ0n) is 14.3. The molecule has 2 aromatic rings. The Kier molecular flexibility index (Phi) is 4.76. The SMILES string of the molecule is O=C(C1[C@H]2CCCC[C@H]12)N(Cc1ccc(Cl)cc1)Cc1cccnc1. The van der Waals surface area contributed by atoms with Crippen LogP contribution in [0, 0.1) is 17.8 Å². The third kappa shape index (κ3) is 3.72. The number of rotatable bonds is 5. The summed E-state index contributed by atoms with van der Waals surface area (Å²) in [5, 5.41) is 0.724. The Morgan fingerprint density at radius 3 is 2.36 bits per heavy atom. The molecule has 2 aliphatic rings. The van der Waals surface area contributed by atoms with E-state index in [-0.39, 0.29) is 5.92 Å². The van der Waals surface area contributed by atoms with E-state index in [0.717, 1.165) is 16.1 Å². The van der Waals surface area contributed by atoms with Crippen LogP contribution in [-0.2, 0) is 17.9 Å². The van der Waals surface area contributed by atoms with Gasteiger partial charge in [-0.2, -0.15) is 0 Å². The lowest BCUT2D eigenvalue weighted by molar-refractivity contribution is -0.134. The molecule has 0 spiro atoms. The van der Waals surface area contributed by atoms with Gasteiger partial charge in [0.15, 0.2) is 0 Å². The molecule has 0 radical (unpaired) electrons. The van der Waals surface area contributed by atoms with Crippen molar-refractivity contribution < 1.29 is 4.79 Å². The van der Waals surface area contributed by atoms with Crippen molar-refractivity contribution in [2.45, 2.75) is 38.8 Å². The van der Waals surface area contributed by atoms with Crippen molar-refractivity contribution in [2.24, 2.45) is 17.8 Å². The molecule has 0 bridgehead atoms. The van der Waals surface area contributed by atoms with Gasteiger partial charge in [-0.05, 0) is 54.0 Å². The number of hydrogen-bond donors (Lipinski definition) is 0. The summed E-state index contributed by atoms with van der Waals surface area (Å²) < 4.78 is 0. The second-order valence-electron chi connectivity index (χ2n) is 7.32. The average Bonchev–Trinajstić information content (AvgIpc) is 3.38. The molecule has 25 heavy (non-hydrogen) atoms. The van der Waals surface area contributed by atoms with Crippen LogP contribution in [0.25, 0.3) is 0 Å². The third-order valence-corrected chi connectivity index (χ3v) is 5.89. The highest BCUT2D eigenvalue weighted by Crippen LogP contribution is 2.56. The van der Waals surface area contributed by atoms with Crippen molar-refractivity contribution in [2.75, 3.05) is 0 Å². The Morgan fingerprint density at radius 2 is 1.72 bits per heavy atom. The first kappa shape index (κ1) is 16.6. The lowest BCUT2D eigenvalue weighted by Gasteiger charge is -2.23. The van der Waals surface area contributed by atoms with Gasteiger partial charge in [-0.15, -0.1) is 0 Å². The molecule has 1 aromatic carbocycles. The number of carbonyl (C=O) groups is 1. The second-order valence-corrected chi connectivity index (χ2v) is 7.76. The molecular formula is C21H23ClN2O. The highest BCUT2D eigenvalue weighted by atomic mass is 35.5. The molecule has 3 nitrogen and oxygen atoms in total. The van der Waals surface area contributed by atoms with Gasteiger partial charge < -0.3 is 4.90 Å². The molecule has 0 N–H and O–H groups in total. The van der Waals surface area contributed by atoms with Crippen molar-refractivity contribution in [3.63, 3.8) is 0 Å². The Morgan fingerprint density at radius 1 is 1.04 bits per heavy atom. The summed E-state index contributed by atoms with van der Waals surface area (Å²) in [6, 6.07) is 11.8. The Bertz CT molecular complexity index is 719. The zero-order chi connectivity index (χ0) is 17.2. The van der Waals surface area contributed by atoms with Gasteiger partial charge in [-0.1, -0.05) is 42.6 Å². The maximum absolute atomic E-state index is 13.2. The number of halogens is 1. The van der Waals surface area contributed by atoms with Gasteiger partial charge in [0.1, 0.15) is 0 Å². The number of carbonyl (C=O) groups excluding carboxylic acids is 1. The van der Waals surface area contributed by atoms with Crippen LogP contribution >= 0.6 is 11.6 Å². The molecule has 0 saturated heterocycles. The quantitative estimate of drug-likeness (QED) is 0.779. The minimum absolute atomic E-state index is 0.242. The van der Waals surface area contributed by atoms with Crippen molar-refractivity contribution in [1.82, 2.24) is 9.88 Å². The minimum atomic E-state index is 0.242. The highest BCUT2D eigenvalue weighted by Gasteiger charge is 2.55. The molecular weight excluding hydrogens is 332 g/mol. The molecule has 0 unspecified atom stereocenters. The fourth-order valence-electron chi connectivity index (χ4n) is 4.30. The number of aromatic nitrogens is 1. The first-order valence-electron chi connectivity index (χ1n) is 9.14. The van der Waals surface area contributed by atoms with Crippen LogP contribution < -0.4 is 0 Å². The second kappa shape index (κ2) is 7.17. The molecule has 2 atom stereocenters. The van der Waals surface area contributed by atoms with E-state index in [2.05, 4.69) is 4.98 Å². The van der Waals surface area contributed by atoms with Gasteiger partial charge in [-0.25, -0.2) is 0 Å². The van der Waals surface area contributed by atoms with Crippen LogP contribution in [0.3, 0.4) is 0 Å². The smallest absolute Gasteiger partial charge is 0.226 e. The molecule has 0 aliphatic heterocycles. The predicted molar refractivity (Wildman–Crippen MR) is 98.9 cm³/mol. The summed E-state index contributed by atoms with van der Waals surface area (Å²) in [4.78, 5) is 19.4. The average molecular weight is 355 g/mol. The Labute approximate surface area is 154 Å². The summed E-state index contributed by atoms with van der Waals surface area (Å²) in [6.45, 7) is 1.24. The van der Waals surface area contributed by atoms with E-state index in [1.165, 1.54) is 25.7 Å². The van der Waals surface area contributed by atoms with Crippen LogP contribution in [0.1, 0.15) is 36.8 Å². The van der Waals surface area contributed by atoms with E-state index in [4.69, 9.17) is 11.6 Å². The molecule has 1 aromatic heterocycles. The summed E-state index contributed by atoms with van der Waals surface area (Å²) in [5.74, 6) is 1.81. The number of hydrogen-bond acceptors (Lipinski definition) is 2. The lowest BCUT2D eigenvalue weighted by Crippen LogP contribution is -2.32. The molecule has 130 valence electrons. The van der Waals surface area contributed by atoms with Gasteiger partial charge in [-0.3, -0.25) is 9.78 Å². The zero-order valence-corrected chi connectivity index (χ0v) is 15.0. The van der Waals surface area contributed by atoms with Gasteiger partial charge in [0.2, 0.25) is 5.91 Å². The third-order valence-electron chi connectivity index (χ3n) is 5.64. The number of amides is 1. The van der Waals surface area contributed by atoms with E-state index >= 15 is 0 Å². The highest BCUT2D eigenvalue weighted by molar-refractivity contribution is 6.30. The van der Waals surface area contributed by atoms with Gasteiger partial charge in [0.25, 0.3) is 0 Å². The normalized spacial score (nSPS) is 24.4. The predicted octanol–water partition coefficient (Wildman–Crippen LogP) is 4.70.